The second-order valence-electron chi connectivity index (χ2n) is 9.94. The van der Waals surface area contributed by atoms with Crippen LogP contribution in [0.25, 0.3) is 5.69 Å². The maximum absolute atomic E-state index is 13.9. The summed E-state index contributed by atoms with van der Waals surface area (Å²) in [5, 5.41) is 7.92. The normalized spacial score (nSPS) is 17.7. The molecule has 11 nitrogen and oxygen atoms in total. The number of hydrogen-bond donors (Lipinski definition) is 0. The highest BCUT2D eigenvalue weighted by atomic mass is 32.2. The third-order valence-corrected chi connectivity index (χ3v) is 8.78. The molecule has 0 saturated carbocycles. The molecule has 3 atom stereocenters. The van der Waals surface area contributed by atoms with Crippen LogP contribution in [0.4, 0.5) is 0 Å². The molecule has 12 heteroatoms. The molecule has 1 aromatic carbocycles. The Morgan fingerprint density at radius 1 is 1.08 bits per heavy atom. The number of aromatic nitrogens is 5. The number of aryl methyl sites for hydroxylation is 1. The van der Waals surface area contributed by atoms with Gasteiger partial charge in [0.1, 0.15) is 34.9 Å². The van der Waals surface area contributed by atoms with Crippen molar-refractivity contribution in [2.75, 3.05) is 27.4 Å². The molecule has 1 saturated heterocycles. The number of para-hydroxylation sites is 1. The van der Waals surface area contributed by atoms with Crippen LogP contribution in [-0.4, -0.2) is 71.9 Å². The average Bonchev–Trinajstić information content (AvgIpc) is 3.33. The molecule has 1 aliphatic heterocycles. The molecule has 0 amide bonds. The maximum atomic E-state index is 13.9. The number of nitrogens with zero attached hydrogens (tertiary/aromatic N) is 5. The van der Waals surface area contributed by atoms with Crippen molar-refractivity contribution in [2.24, 2.45) is 0 Å². The van der Waals surface area contributed by atoms with Crippen molar-refractivity contribution in [2.45, 2.75) is 69.7 Å². The summed E-state index contributed by atoms with van der Waals surface area (Å²) in [6.07, 6.45) is 3.85. The molecule has 0 radical (unpaired) electrons. The summed E-state index contributed by atoms with van der Waals surface area (Å²) in [7, 11) is -0.719. The van der Waals surface area contributed by atoms with Crippen molar-refractivity contribution < 1.29 is 27.4 Å². The van der Waals surface area contributed by atoms with Crippen molar-refractivity contribution in [1.82, 2.24) is 24.7 Å². The van der Waals surface area contributed by atoms with Gasteiger partial charge in [-0.3, -0.25) is 14.5 Å². The summed E-state index contributed by atoms with van der Waals surface area (Å²) in [5.74, 6) is 1.44. The van der Waals surface area contributed by atoms with Crippen molar-refractivity contribution in [1.29, 1.82) is 0 Å². The highest BCUT2D eigenvalue weighted by Crippen LogP contribution is 2.38. The van der Waals surface area contributed by atoms with Crippen molar-refractivity contribution in [3.05, 3.63) is 53.6 Å². The first kappa shape index (κ1) is 28.9. The Labute approximate surface area is 229 Å². The van der Waals surface area contributed by atoms with Gasteiger partial charge in [-0.1, -0.05) is 6.07 Å². The summed E-state index contributed by atoms with van der Waals surface area (Å²) in [6.45, 7) is 8.32. The average molecular weight is 560 g/mol. The molecule has 212 valence electrons. The number of sulfone groups is 1. The van der Waals surface area contributed by atoms with Gasteiger partial charge in [-0.25, -0.2) is 8.42 Å². The van der Waals surface area contributed by atoms with Crippen LogP contribution in [0.3, 0.4) is 0 Å². The van der Waals surface area contributed by atoms with Gasteiger partial charge in [0.05, 0.1) is 49.8 Å². The van der Waals surface area contributed by atoms with Gasteiger partial charge < -0.3 is 18.9 Å². The summed E-state index contributed by atoms with van der Waals surface area (Å²) < 4.78 is 52.8. The predicted molar refractivity (Wildman–Crippen MR) is 145 cm³/mol. The van der Waals surface area contributed by atoms with E-state index in [2.05, 4.69) is 20.2 Å². The molecular formula is C27H37N5O6S. The minimum Gasteiger partial charge on any atom is -0.494 e. The lowest BCUT2D eigenvalue weighted by atomic mass is 10.0. The molecule has 0 N–H and O–H groups in total. The van der Waals surface area contributed by atoms with Gasteiger partial charge >= 0.3 is 0 Å². The lowest BCUT2D eigenvalue weighted by Gasteiger charge is -2.26. The summed E-state index contributed by atoms with van der Waals surface area (Å²) in [4.78, 5) is 8.72. The first-order valence-electron chi connectivity index (χ1n) is 13.0. The van der Waals surface area contributed by atoms with E-state index in [1.54, 1.807) is 50.2 Å². The van der Waals surface area contributed by atoms with Gasteiger partial charge in [-0.05, 0) is 52.7 Å². The Hall–Kier alpha value is -3.09. The maximum Gasteiger partial charge on any atom is 0.163 e. The van der Waals surface area contributed by atoms with E-state index in [4.69, 9.17) is 18.9 Å². The first-order chi connectivity index (χ1) is 18.7. The third-order valence-electron chi connectivity index (χ3n) is 6.74. The molecule has 1 aliphatic rings. The van der Waals surface area contributed by atoms with Crippen LogP contribution in [-0.2, 0) is 25.1 Å². The lowest BCUT2D eigenvalue weighted by molar-refractivity contribution is 0.00382. The standard InChI is InChI=1S/C27H37N5O6S/c1-17(2)38-26(21-14-28-18(3)13-29-21)19(4)39(33,34)16-24-30-31-27(20-9-8-12-37-15-20)32(24)25-22(35-5)10-7-11-23(25)36-6/h7,10-11,13-14,17,19-20,26H,8-9,12,15-16H2,1-6H3/t19-,20-,26+/m1/s1. The van der Waals surface area contributed by atoms with Gasteiger partial charge in [0.2, 0.25) is 0 Å². The number of ether oxygens (including phenoxy) is 4. The molecule has 0 unspecified atom stereocenters. The predicted octanol–water partition coefficient (Wildman–Crippen LogP) is 3.75. The van der Waals surface area contributed by atoms with Crippen LogP contribution < -0.4 is 9.47 Å². The van der Waals surface area contributed by atoms with E-state index < -0.39 is 21.2 Å². The molecule has 0 bridgehead atoms. The fourth-order valence-electron chi connectivity index (χ4n) is 4.69. The van der Waals surface area contributed by atoms with E-state index >= 15 is 0 Å². The lowest BCUT2D eigenvalue weighted by Crippen LogP contribution is -2.31. The molecule has 2 aromatic heterocycles. The summed E-state index contributed by atoms with van der Waals surface area (Å²) >= 11 is 0. The quantitative estimate of drug-likeness (QED) is 0.343. The van der Waals surface area contributed by atoms with Gasteiger partial charge in [-0.15, -0.1) is 10.2 Å². The summed E-state index contributed by atoms with van der Waals surface area (Å²) in [6, 6.07) is 5.40. The number of methoxy groups -OCH3 is 2. The fourth-order valence-corrected chi connectivity index (χ4v) is 6.08. The zero-order valence-electron chi connectivity index (χ0n) is 23.3. The third kappa shape index (κ3) is 6.39. The van der Waals surface area contributed by atoms with Gasteiger partial charge in [0.25, 0.3) is 0 Å². The van der Waals surface area contributed by atoms with Gasteiger partial charge in [-0.2, -0.15) is 0 Å². The molecule has 39 heavy (non-hydrogen) atoms. The summed E-state index contributed by atoms with van der Waals surface area (Å²) in [5.41, 5.74) is 1.74. The Morgan fingerprint density at radius 2 is 1.79 bits per heavy atom. The van der Waals surface area contributed by atoms with Gasteiger partial charge in [0, 0.05) is 18.7 Å². The largest absolute Gasteiger partial charge is 0.494 e. The zero-order valence-corrected chi connectivity index (χ0v) is 24.1. The fraction of sp³-hybridized carbons (Fsp3) is 0.556. The number of benzene rings is 1. The van der Waals surface area contributed by atoms with Gasteiger partial charge in [0.15, 0.2) is 15.7 Å². The molecule has 0 aliphatic carbocycles. The number of hydrogen-bond acceptors (Lipinski definition) is 10. The van der Waals surface area contributed by atoms with Crippen LogP contribution in [0, 0.1) is 6.92 Å². The van der Waals surface area contributed by atoms with Crippen molar-refractivity contribution >= 4 is 9.84 Å². The Morgan fingerprint density at radius 3 is 2.36 bits per heavy atom. The second-order valence-corrected chi connectivity index (χ2v) is 12.3. The van der Waals surface area contributed by atoms with E-state index in [9.17, 15) is 8.42 Å². The number of rotatable bonds is 11. The van der Waals surface area contributed by atoms with Crippen LogP contribution >= 0.6 is 0 Å². The second kappa shape index (κ2) is 12.4. The molecule has 0 spiro atoms. The monoisotopic (exact) mass is 559 g/mol. The van der Waals surface area contributed by atoms with E-state index in [0.717, 1.165) is 18.5 Å². The molecular weight excluding hydrogens is 522 g/mol. The minimum atomic E-state index is -3.83. The highest BCUT2D eigenvalue weighted by molar-refractivity contribution is 7.91. The SMILES string of the molecule is COc1cccc(OC)c1-n1c(CS(=O)(=O)[C@H](C)[C@H](OC(C)C)c2cnc(C)cn2)nnc1[C@@H]1CCCOC1. The minimum absolute atomic E-state index is 0.0606. The Kier molecular flexibility index (Phi) is 9.19. The van der Waals surface area contributed by atoms with Crippen LogP contribution in [0.15, 0.2) is 30.6 Å². The van der Waals surface area contributed by atoms with E-state index in [1.165, 1.54) is 0 Å². The molecule has 1 fully saturated rings. The molecule has 3 aromatic rings. The van der Waals surface area contributed by atoms with E-state index in [0.29, 0.717) is 41.9 Å². The highest BCUT2D eigenvalue weighted by Gasteiger charge is 2.36. The molecule has 4 rings (SSSR count). The van der Waals surface area contributed by atoms with Crippen LogP contribution in [0.5, 0.6) is 11.5 Å². The van der Waals surface area contributed by atoms with E-state index in [-0.39, 0.29) is 23.6 Å². The van der Waals surface area contributed by atoms with Crippen molar-refractivity contribution in [3.8, 4) is 17.2 Å². The van der Waals surface area contributed by atoms with Crippen LogP contribution in [0.2, 0.25) is 0 Å². The first-order valence-corrected chi connectivity index (χ1v) is 14.8. The van der Waals surface area contributed by atoms with Crippen LogP contribution in [0.1, 0.15) is 68.7 Å². The Bertz CT molecular complexity index is 1330. The topological polar surface area (TPSA) is 128 Å². The van der Waals surface area contributed by atoms with Crippen molar-refractivity contribution in [3.63, 3.8) is 0 Å². The zero-order chi connectivity index (χ0) is 28.2. The van der Waals surface area contributed by atoms with E-state index in [1.807, 2.05) is 26.8 Å². The smallest absolute Gasteiger partial charge is 0.163 e. The Balaban J connectivity index is 1.79. The molecule has 3 heterocycles.